The fraction of sp³-hybridized carbons (Fsp3) is 0.643. The van der Waals surface area contributed by atoms with E-state index in [9.17, 15) is 18.7 Å². The van der Waals surface area contributed by atoms with Crippen molar-refractivity contribution in [3.05, 3.63) is 16.4 Å². The molecule has 1 aliphatic heterocycles. The molecule has 23 heavy (non-hydrogen) atoms. The Balaban J connectivity index is 2.42. The van der Waals surface area contributed by atoms with E-state index in [1.54, 1.807) is 20.8 Å². The Kier molecular flexibility index (Phi) is 4.77. The first-order valence-electron chi connectivity index (χ1n) is 7.23. The van der Waals surface area contributed by atoms with Crippen molar-refractivity contribution in [3.8, 4) is 0 Å². The van der Waals surface area contributed by atoms with E-state index in [-0.39, 0.29) is 12.1 Å². The van der Waals surface area contributed by atoms with Crippen molar-refractivity contribution in [2.24, 2.45) is 5.10 Å². The minimum Gasteiger partial charge on any atom is -0.364 e. The maximum atomic E-state index is 13.3. The van der Waals surface area contributed by atoms with Crippen LogP contribution in [0.4, 0.5) is 8.78 Å². The Morgan fingerprint density at radius 2 is 2.04 bits per heavy atom. The summed E-state index contributed by atoms with van der Waals surface area (Å²) in [4.78, 5) is 12.7. The van der Waals surface area contributed by atoms with Crippen LogP contribution in [-0.4, -0.2) is 43.7 Å². The van der Waals surface area contributed by atoms with Crippen LogP contribution in [0.3, 0.4) is 0 Å². The zero-order chi connectivity index (χ0) is 17.5. The van der Waals surface area contributed by atoms with Gasteiger partial charge in [-0.25, -0.2) is 8.78 Å². The third-order valence-electron chi connectivity index (χ3n) is 3.92. The summed E-state index contributed by atoms with van der Waals surface area (Å²) in [6.07, 6.45) is -3.22. The number of nitrogens with zero attached hydrogens (tertiary/aromatic N) is 4. The Labute approximate surface area is 137 Å². The van der Waals surface area contributed by atoms with E-state index in [0.717, 1.165) is 0 Å². The quantitative estimate of drug-likeness (QED) is 0.909. The minimum atomic E-state index is -3.13. The molecule has 0 spiro atoms. The fourth-order valence-corrected chi connectivity index (χ4v) is 2.82. The number of amides is 1. The molecule has 1 aromatic rings. The summed E-state index contributed by atoms with van der Waals surface area (Å²) in [5.74, 6) is -0.741. The average Bonchev–Trinajstić information content (AvgIpc) is 2.92. The minimum absolute atomic E-state index is 0.266. The normalized spacial score (nSPS) is 22.7. The van der Waals surface area contributed by atoms with Crippen molar-refractivity contribution in [1.29, 1.82) is 0 Å². The largest absolute Gasteiger partial charge is 0.364 e. The molecule has 0 unspecified atom stereocenters. The number of hydrogen-bond acceptors (Lipinski definition) is 4. The highest BCUT2D eigenvalue weighted by molar-refractivity contribution is 6.31. The van der Waals surface area contributed by atoms with Crippen LogP contribution in [0.15, 0.2) is 5.10 Å². The summed E-state index contributed by atoms with van der Waals surface area (Å²) in [5, 5.41) is 19.1. The van der Waals surface area contributed by atoms with Gasteiger partial charge in [-0.15, -0.1) is 0 Å². The van der Waals surface area contributed by atoms with Gasteiger partial charge in [0.15, 0.2) is 0 Å². The summed E-state index contributed by atoms with van der Waals surface area (Å²) < 4.78 is 27.9. The monoisotopic (exact) mass is 348 g/mol. The number of aryl methyl sites for hydroxylation is 1. The third-order valence-corrected chi connectivity index (χ3v) is 4.46. The van der Waals surface area contributed by atoms with Crippen molar-refractivity contribution in [2.45, 2.75) is 58.7 Å². The van der Waals surface area contributed by atoms with Crippen molar-refractivity contribution in [1.82, 2.24) is 14.8 Å². The van der Waals surface area contributed by atoms with Crippen LogP contribution in [0.1, 0.15) is 44.1 Å². The van der Waals surface area contributed by atoms with Crippen molar-refractivity contribution >= 4 is 23.2 Å². The van der Waals surface area contributed by atoms with Crippen LogP contribution >= 0.6 is 11.6 Å². The number of hydrogen-bond donors (Lipinski definition) is 1. The van der Waals surface area contributed by atoms with Gasteiger partial charge < -0.3 is 5.11 Å². The van der Waals surface area contributed by atoms with Gasteiger partial charge in [-0.1, -0.05) is 18.5 Å². The number of aliphatic hydroxyl groups is 1. The Morgan fingerprint density at radius 1 is 1.43 bits per heavy atom. The van der Waals surface area contributed by atoms with Crippen LogP contribution in [0.2, 0.25) is 5.02 Å². The Hall–Kier alpha value is -1.54. The molecule has 0 saturated heterocycles. The second-order valence-electron chi connectivity index (χ2n) is 5.69. The number of carbonyl (C=O) groups excluding carboxylic acids is 1. The van der Waals surface area contributed by atoms with Gasteiger partial charge in [0.1, 0.15) is 6.04 Å². The van der Waals surface area contributed by atoms with E-state index in [4.69, 9.17) is 11.6 Å². The van der Waals surface area contributed by atoms with E-state index in [1.165, 1.54) is 11.6 Å². The predicted octanol–water partition coefficient (Wildman–Crippen LogP) is 2.67. The number of rotatable bonds is 4. The molecule has 128 valence electrons. The SMILES string of the molecule is CC[C@H](C(=O)N1N=C(C)C[C@@]1(O)C(F)F)n1nc(C)c(Cl)c1C. The number of alkyl halides is 2. The van der Waals surface area contributed by atoms with Crippen LogP contribution in [0.5, 0.6) is 0 Å². The van der Waals surface area contributed by atoms with E-state index < -0.39 is 24.1 Å². The van der Waals surface area contributed by atoms with Gasteiger partial charge in [-0.05, 0) is 27.2 Å². The highest BCUT2D eigenvalue weighted by Gasteiger charge is 2.52. The molecule has 1 aromatic heterocycles. The topological polar surface area (TPSA) is 70.7 Å². The van der Waals surface area contributed by atoms with Crippen LogP contribution in [-0.2, 0) is 4.79 Å². The predicted molar refractivity (Wildman–Crippen MR) is 81.6 cm³/mol. The van der Waals surface area contributed by atoms with Gasteiger partial charge in [0, 0.05) is 12.1 Å². The first-order valence-corrected chi connectivity index (χ1v) is 7.61. The molecule has 2 heterocycles. The molecule has 0 aliphatic carbocycles. The van der Waals surface area contributed by atoms with Crippen LogP contribution in [0.25, 0.3) is 0 Å². The van der Waals surface area contributed by atoms with Crippen LogP contribution < -0.4 is 0 Å². The maximum Gasteiger partial charge on any atom is 0.287 e. The molecule has 1 amide bonds. The second-order valence-corrected chi connectivity index (χ2v) is 6.07. The average molecular weight is 349 g/mol. The molecule has 0 aromatic carbocycles. The lowest BCUT2D eigenvalue weighted by Gasteiger charge is -2.32. The molecule has 2 atom stereocenters. The summed E-state index contributed by atoms with van der Waals surface area (Å²) in [6.45, 7) is 6.59. The molecule has 0 saturated carbocycles. The van der Waals surface area contributed by atoms with Gasteiger partial charge in [0.2, 0.25) is 5.72 Å². The standard InChI is InChI=1S/C14H19ClF2N4O2/c1-5-10(20-9(4)11(15)8(3)19-20)12(22)21-14(23,13(16)17)6-7(2)18-21/h10,13,23H,5-6H2,1-4H3/t10-,14-/m1/s1. The van der Waals surface area contributed by atoms with E-state index in [1.807, 2.05) is 0 Å². The van der Waals surface area contributed by atoms with E-state index in [2.05, 4.69) is 10.2 Å². The summed E-state index contributed by atoms with van der Waals surface area (Å²) >= 11 is 6.09. The van der Waals surface area contributed by atoms with E-state index in [0.29, 0.717) is 27.8 Å². The summed E-state index contributed by atoms with van der Waals surface area (Å²) in [5.41, 5.74) is -1.25. The number of carbonyl (C=O) groups is 1. The van der Waals surface area contributed by atoms with Crippen molar-refractivity contribution in [2.75, 3.05) is 0 Å². The molecule has 0 radical (unpaired) electrons. The molecule has 1 N–H and O–H groups in total. The van der Waals surface area contributed by atoms with Crippen LogP contribution in [0, 0.1) is 13.8 Å². The van der Waals surface area contributed by atoms with Gasteiger partial charge in [-0.3, -0.25) is 9.48 Å². The Morgan fingerprint density at radius 3 is 2.48 bits per heavy atom. The molecule has 9 heteroatoms. The molecule has 2 rings (SSSR count). The zero-order valence-corrected chi connectivity index (χ0v) is 14.1. The Bertz CT molecular complexity index is 661. The lowest BCUT2D eigenvalue weighted by Crippen LogP contribution is -2.53. The first kappa shape index (κ1) is 17.8. The van der Waals surface area contributed by atoms with Gasteiger partial charge in [0.25, 0.3) is 12.3 Å². The van der Waals surface area contributed by atoms with Crippen molar-refractivity contribution in [3.63, 3.8) is 0 Å². The molecule has 0 fully saturated rings. The third kappa shape index (κ3) is 2.85. The fourth-order valence-electron chi connectivity index (χ4n) is 2.69. The second kappa shape index (κ2) is 6.16. The highest BCUT2D eigenvalue weighted by Crippen LogP contribution is 2.34. The lowest BCUT2D eigenvalue weighted by atomic mass is 10.1. The van der Waals surface area contributed by atoms with Crippen molar-refractivity contribution < 1.29 is 18.7 Å². The molecular formula is C14H19ClF2N4O2. The van der Waals surface area contributed by atoms with Gasteiger partial charge in [-0.2, -0.15) is 15.2 Å². The summed E-state index contributed by atoms with van der Waals surface area (Å²) in [7, 11) is 0. The number of hydrazone groups is 1. The zero-order valence-electron chi connectivity index (χ0n) is 13.3. The number of aromatic nitrogens is 2. The van der Waals surface area contributed by atoms with E-state index >= 15 is 0 Å². The first-order chi connectivity index (χ1) is 10.6. The summed E-state index contributed by atoms with van der Waals surface area (Å²) in [6, 6.07) is -0.874. The maximum absolute atomic E-state index is 13.3. The number of halogens is 3. The highest BCUT2D eigenvalue weighted by atomic mass is 35.5. The van der Waals surface area contributed by atoms with Gasteiger partial charge in [0.05, 0.1) is 16.4 Å². The molecular weight excluding hydrogens is 330 g/mol. The molecule has 1 aliphatic rings. The van der Waals surface area contributed by atoms with Gasteiger partial charge >= 0.3 is 0 Å². The molecule has 6 nitrogen and oxygen atoms in total. The smallest absolute Gasteiger partial charge is 0.287 e. The lowest BCUT2D eigenvalue weighted by molar-refractivity contribution is -0.194. The molecule has 0 bridgehead atoms.